The number of fused-ring (bicyclic) bond motifs is 6. The molecule has 9 aromatic heterocycles. The molecule has 0 aliphatic carbocycles. The lowest BCUT2D eigenvalue weighted by Crippen LogP contribution is -2.23. The molecule has 15 aromatic rings. The van der Waals surface area contributed by atoms with E-state index in [2.05, 4.69) is 71.1 Å². The molecule has 0 radical (unpaired) electrons. The number of carbonyl (C=O) groups is 3. The number of hydrogen-bond donors (Lipinski definition) is 6. The lowest BCUT2D eigenvalue weighted by atomic mass is 10.1. The van der Waals surface area contributed by atoms with E-state index in [9.17, 15) is 27.6 Å². The van der Waals surface area contributed by atoms with Crippen LogP contribution in [0.5, 0.6) is 0 Å². The number of esters is 1. The highest BCUT2D eigenvalue weighted by Crippen LogP contribution is 2.30. The summed E-state index contributed by atoms with van der Waals surface area (Å²) in [7, 11) is 0. The molecule has 0 bridgehead atoms. The minimum atomic E-state index is -0.615. The van der Waals surface area contributed by atoms with Crippen molar-refractivity contribution in [1.82, 2.24) is 71.1 Å². The van der Waals surface area contributed by atoms with Crippen molar-refractivity contribution < 1.29 is 45.5 Å². The van der Waals surface area contributed by atoms with Crippen molar-refractivity contribution >= 4 is 165 Å². The number of halogens is 10. The molecule has 0 atom stereocenters. The van der Waals surface area contributed by atoms with Gasteiger partial charge in [-0.3, -0.25) is 24.5 Å². The summed E-state index contributed by atoms with van der Waals surface area (Å²) in [5.74, 6) is -2.69. The maximum atomic E-state index is 14.3. The van der Waals surface area contributed by atoms with Gasteiger partial charge in [0.1, 0.15) is 17.5 Å². The number of carbonyl (C=O) groups excluding carboxylic acids is 3. The number of H-pyrrole nitrogens is 3. The van der Waals surface area contributed by atoms with E-state index in [1.54, 1.807) is 62.3 Å². The van der Waals surface area contributed by atoms with E-state index in [1.165, 1.54) is 18.2 Å². The molecule has 32 heteroatoms. The van der Waals surface area contributed by atoms with Crippen LogP contribution in [0.25, 0.3) is 65.4 Å². The van der Waals surface area contributed by atoms with Gasteiger partial charge in [-0.2, -0.15) is 0 Å². The highest BCUT2D eigenvalue weighted by molar-refractivity contribution is 6.36. The molecular weight excluding hydrogens is 1460 g/mol. The molecule has 7 N–H and O–H groups in total. The lowest BCUT2D eigenvalue weighted by Gasteiger charge is -2.05. The number of pyridine rings is 3. The Hall–Kier alpha value is -10.2. The first-order valence-electron chi connectivity index (χ1n) is 29.7. The second-order valence-corrected chi connectivity index (χ2v) is 24.3. The molecule has 0 unspecified atom stereocenters. The smallest absolute Gasteiger partial charge is 0.396 e. The Morgan fingerprint density at radius 3 is 1.17 bits per heavy atom. The molecule has 22 nitrogen and oxygen atoms in total. The monoisotopic (exact) mass is 1510 g/mol. The van der Waals surface area contributed by atoms with Gasteiger partial charge in [0, 0.05) is 122 Å². The Kier molecular flexibility index (Phi) is 23.9. The highest BCUT2D eigenvalue weighted by atomic mass is 35.5. The quantitative estimate of drug-likeness (QED) is 0.0520. The van der Waals surface area contributed by atoms with Crippen molar-refractivity contribution in [2.75, 3.05) is 6.61 Å². The lowest BCUT2D eigenvalue weighted by molar-refractivity contribution is 0.0478. The van der Waals surface area contributed by atoms with E-state index >= 15 is 0 Å². The molecule has 15 rings (SSSR count). The Labute approximate surface area is 606 Å². The van der Waals surface area contributed by atoms with Crippen molar-refractivity contribution in [3.8, 4) is 0 Å². The van der Waals surface area contributed by atoms with Crippen LogP contribution in [0.1, 0.15) is 97.5 Å². The van der Waals surface area contributed by atoms with Crippen LogP contribution in [-0.2, 0) is 43.6 Å². The predicted octanol–water partition coefficient (Wildman–Crippen LogP) is 16.6. The third kappa shape index (κ3) is 17.9. The van der Waals surface area contributed by atoms with Crippen molar-refractivity contribution in [3.63, 3.8) is 0 Å². The second-order valence-electron chi connectivity index (χ2n) is 21.7. The van der Waals surface area contributed by atoms with Crippen molar-refractivity contribution in [1.29, 1.82) is 0 Å². The van der Waals surface area contributed by atoms with Gasteiger partial charge in [-0.05, 0) is 115 Å². The molecule has 516 valence electrons. The molecule has 0 fully saturated rings. The summed E-state index contributed by atoms with van der Waals surface area (Å²) in [5.41, 5.74) is 13.5. The zero-order valence-corrected chi connectivity index (χ0v) is 56.9. The fourth-order valence-electron chi connectivity index (χ4n) is 10.1. The molecule has 2 amide bonds. The van der Waals surface area contributed by atoms with Crippen molar-refractivity contribution in [3.05, 3.63) is 263 Å². The Bertz CT molecular complexity index is 5310. The van der Waals surface area contributed by atoms with Crippen LogP contribution >= 0.6 is 82.0 Å². The van der Waals surface area contributed by atoms with Gasteiger partial charge < -0.3 is 49.3 Å². The topological polar surface area (TPSA) is 313 Å². The largest absolute Gasteiger partial charge is 0.459 e. The van der Waals surface area contributed by atoms with Crippen LogP contribution in [0.4, 0.5) is 13.2 Å². The van der Waals surface area contributed by atoms with Crippen LogP contribution in [0.2, 0.25) is 30.1 Å². The number of aromatic amines is 3. The summed E-state index contributed by atoms with van der Waals surface area (Å²) in [6.07, 6.45) is 10.6. The van der Waals surface area contributed by atoms with Crippen LogP contribution in [0.15, 0.2) is 160 Å². The van der Waals surface area contributed by atoms with E-state index in [4.69, 9.17) is 93.3 Å². The van der Waals surface area contributed by atoms with Gasteiger partial charge >= 0.3 is 35.5 Å². The maximum absolute atomic E-state index is 14.3. The normalized spacial score (nSPS) is 11.0. The Morgan fingerprint density at radius 2 is 0.812 bits per heavy atom. The number of aromatic nitrogens is 12. The van der Waals surface area contributed by atoms with Gasteiger partial charge in [0.2, 0.25) is 17.7 Å². The van der Waals surface area contributed by atoms with Crippen LogP contribution in [0, 0.1) is 17.5 Å². The average Bonchev–Trinajstić information content (AvgIpc) is 1.62. The minimum absolute atomic E-state index is 0. The SMILES string of the molecule is C.CCOC(=O)c1nnc(Cc2ccc3ncc(Cl)cc3c2)o1.Cl.NCc1cc2c(Cl)c[nH]c2cc1F.O=C(NCc1cc2c(Cl)c[nH]c2cc1F)c1nnc(Cc2ccc3ncc(Cl)cc3c2)o1.O=C(NCc1cc2c(Cl)c[nH]c2cc1F)c1nnc(Cc2ccc3ncc(Cl)cc3c2)o1. The Morgan fingerprint density at radius 1 is 0.475 bits per heavy atom. The first kappa shape index (κ1) is 73.5. The zero-order valence-electron chi connectivity index (χ0n) is 51.6. The zero-order chi connectivity index (χ0) is 69.4. The number of rotatable bonds is 15. The first-order valence-corrected chi connectivity index (χ1v) is 31.9. The van der Waals surface area contributed by atoms with Gasteiger partial charge in [-0.15, -0.1) is 43.0 Å². The molecule has 9 heterocycles. The van der Waals surface area contributed by atoms with Gasteiger partial charge in [0.25, 0.3) is 0 Å². The maximum Gasteiger partial charge on any atom is 0.396 e. The summed E-state index contributed by atoms with van der Waals surface area (Å²) in [5, 5.41) is 36.2. The van der Waals surface area contributed by atoms with E-state index < -0.39 is 29.4 Å². The summed E-state index contributed by atoms with van der Waals surface area (Å²) in [4.78, 5) is 57.7. The molecule has 0 saturated heterocycles. The Balaban J connectivity index is 0.000000151. The number of benzene rings is 6. The van der Waals surface area contributed by atoms with Crippen LogP contribution < -0.4 is 16.4 Å². The molecule has 0 aliphatic rings. The van der Waals surface area contributed by atoms with Crippen molar-refractivity contribution in [2.45, 2.75) is 53.2 Å². The molecule has 0 spiro atoms. The average molecular weight is 1510 g/mol. The standard InChI is InChI=1S/2C22H14Cl2FN5O2.C15H12ClN3O3.C9H8ClFN2.CH4.ClH/c2*23-14-5-12-3-11(1-2-18(12)26-9-14)4-20-29-30-22(32-20)21(31)28-8-13-6-15-16(24)10-27-19(15)7-17(13)25;1-2-21-15(20)14-19-18-13(22-14)6-9-3-4-12-10(5-9)7-11(16)8-17-12;10-7-4-13-9-2-8(11)5(3-12)1-6(7)9;;/h2*1-3,5-7,9-10,27H,4,8H2,(H,28,31);3-5,7-8H,2,6H2,1H3;1-2,4,13H,3,12H2;1H4;1H. The third-order valence-corrected chi connectivity index (χ3v) is 16.5. The van der Waals surface area contributed by atoms with Gasteiger partial charge in [-0.1, -0.05) is 95.2 Å². The number of nitrogens with two attached hydrogens (primary N) is 1. The first-order chi connectivity index (χ1) is 47.8. The number of hydrogen-bond acceptors (Lipinski definition) is 17. The summed E-state index contributed by atoms with van der Waals surface area (Å²) >= 11 is 36.0. The fourth-order valence-corrected chi connectivity index (χ4v) is 11.3. The van der Waals surface area contributed by atoms with E-state index in [-0.39, 0.29) is 92.5 Å². The van der Waals surface area contributed by atoms with Gasteiger partial charge in [0.15, 0.2) is 0 Å². The number of amides is 2. The molecule has 101 heavy (non-hydrogen) atoms. The molecular formula is C69H53Cl7F3N15O7. The second kappa shape index (κ2) is 32.8. The number of nitrogens with zero attached hydrogens (tertiary/aromatic N) is 9. The molecule has 0 aliphatic heterocycles. The highest BCUT2D eigenvalue weighted by Gasteiger charge is 2.21. The van der Waals surface area contributed by atoms with Crippen LogP contribution in [0.3, 0.4) is 0 Å². The van der Waals surface area contributed by atoms with Crippen molar-refractivity contribution in [2.24, 2.45) is 5.73 Å². The summed E-state index contributed by atoms with van der Waals surface area (Å²) in [6.45, 7) is 2.04. The van der Waals surface area contributed by atoms with Gasteiger partial charge in [0.05, 0.1) is 72.6 Å². The predicted molar refractivity (Wildman–Crippen MR) is 382 cm³/mol. The molecule has 0 saturated carbocycles. The van der Waals surface area contributed by atoms with E-state index in [0.717, 1.165) is 54.8 Å². The minimum Gasteiger partial charge on any atom is -0.459 e. The van der Waals surface area contributed by atoms with E-state index in [1.807, 2.05) is 72.8 Å². The fraction of sp³-hybridized carbons (Fsp3) is 0.130. The third-order valence-electron chi connectivity index (χ3n) is 14.9. The number of nitrogens with one attached hydrogen (secondary N) is 5. The van der Waals surface area contributed by atoms with Crippen LogP contribution in [-0.4, -0.2) is 84.9 Å². The summed E-state index contributed by atoms with van der Waals surface area (Å²) in [6, 6.07) is 31.5. The summed E-state index contributed by atoms with van der Waals surface area (Å²) < 4.78 is 62.8. The van der Waals surface area contributed by atoms with Gasteiger partial charge in [-0.25, -0.2) is 18.0 Å². The number of ether oxygens (including phenoxy) is 1. The molecule has 6 aromatic carbocycles. The van der Waals surface area contributed by atoms with E-state index in [0.29, 0.717) is 88.2 Å².